The smallest absolute Gasteiger partial charge is 0.246 e. The lowest BCUT2D eigenvalue weighted by Gasteiger charge is -2.26. The zero-order valence-corrected chi connectivity index (χ0v) is 14.4. The van der Waals surface area contributed by atoms with Crippen LogP contribution in [0.25, 0.3) is 11.4 Å². The van der Waals surface area contributed by atoms with Gasteiger partial charge in [-0.05, 0) is 31.3 Å². The van der Waals surface area contributed by atoms with Crippen molar-refractivity contribution in [1.29, 1.82) is 0 Å². The standard InChI is InChI=1S/C17H24N4O4/c1-18-15(12-22)17-19-16(20-25-17)13-2-4-14(5-3-13)24-11-8-21-6-9-23-10-7-21/h2-5,15,18,22H,6-12H2,1H3/t15-/m0/s1. The van der Waals surface area contributed by atoms with Crippen molar-refractivity contribution in [3.05, 3.63) is 30.2 Å². The van der Waals surface area contributed by atoms with Crippen molar-refractivity contribution in [3.63, 3.8) is 0 Å². The monoisotopic (exact) mass is 348 g/mol. The lowest BCUT2D eigenvalue weighted by atomic mass is 10.2. The number of aromatic nitrogens is 2. The van der Waals surface area contributed by atoms with E-state index in [1.807, 2.05) is 24.3 Å². The fourth-order valence-corrected chi connectivity index (χ4v) is 2.60. The minimum atomic E-state index is -0.357. The summed E-state index contributed by atoms with van der Waals surface area (Å²) >= 11 is 0. The number of hydrogen-bond acceptors (Lipinski definition) is 8. The van der Waals surface area contributed by atoms with E-state index in [1.165, 1.54) is 0 Å². The normalized spacial score (nSPS) is 16.7. The lowest BCUT2D eigenvalue weighted by molar-refractivity contribution is 0.0322. The van der Waals surface area contributed by atoms with E-state index in [0.29, 0.717) is 18.3 Å². The third-order valence-electron chi connectivity index (χ3n) is 4.16. The maximum absolute atomic E-state index is 9.26. The van der Waals surface area contributed by atoms with Crippen molar-refractivity contribution >= 4 is 0 Å². The molecule has 8 nitrogen and oxygen atoms in total. The first-order valence-electron chi connectivity index (χ1n) is 8.45. The Bertz CT molecular complexity index is 636. The van der Waals surface area contributed by atoms with Crippen LogP contribution >= 0.6 is 0 Å². The molecule has 0 amide bonds. The molecule has 1 fully saturated rings. The van der Waals surface area contributed by atoms with E-state index in [2.05, 4.69) is 20.4 Å². The summed E-state index contributed by atoms with van der Waals surface area (Å²) < 4.78 is 16.3. The first kappa shape index (κ1) is 17.8. The number of morpholine rings is 1. The molecule has 2 aromatic rings. The van der Waals surface area contributed by atoms with Gasteiger partial charge in [-0.15, -0.1) is 0 Å². The number of benzene rings is 1. The van der Waals surface area contributed by atoms with Gasteiger partial charge >= 0.3 is 0 Å². The molecule has 0 aliphatic carbocycles. The summed E-state index contributed by atoms with van der Waals surface area (Å²) in [4.78, 5) is 6.65. The Kier molecular flexibility index (Phi) is 6.35. The Morgan fingerprint density at radius 1 is 1.28 bits per heavy atom. The van der Waals surface area contributed by atoms with Gasteiger partial charge < -0.3 is 24.4 Å². The molecule has 0 unspecified atom stereocenters. The summed E-state index contributed by atoms with van der Waals surface area (Å²) in [6.07, 6.45) is 0. The second kappa shape index (κ2) is 8.91. The molecule has 1 aliphatic rings. The summed E-state index contributed by atoms with van der Waals surface area (Å²) in [5, 5.41) is 16.1. The summed E-state index contributed by atoms with van der Waals surface area (Å²) in [5.41, 5.74) is 0.836. The van der Waals surface area contributed by atoms with Crippen molar-refractivity contribution in [2.75, 3.05) is 53.1 Å². The molecule has 1 saturated heterocycles. The quantitative estimate of drug-likeness (QED) is 0.720. The number of nitrogens with one attached hydrogen (secondary N) is 1. The molecule has 8 heteroatoms. The molecular weight excluding hydrogens is 324 g/mol. The maximum atomic E-state index is 9.26. The van der Waals surface area contributed by atoms with E-state index in [0.717, 1.165) is 44.2 Å². The van der Waals surface area contributed by atoms with Gasteiger partial charge in [0.25, 0.3) is 0 Å². The third kappa shape index (κ3) is 4.76. The SMILES string of the molecule is CN[C@@H](CO)c1nc(-c2ccc(OCCN3CCOCC3)cc2)no1. The van der Waals surface area contributed by atoms with E-state index in [9.17, 15) is 5.11 Å². The van der Waals surface area contributed by atoms with E-state index in [4.69, 9.17) is 14.0 Å². The molecule has 1 atom stereocenters. The third-order valence-corrected chi connectivity index (χ3v) is 4.16. The molecule has 25 heavy (non-hydrogen) atoms. The Balaban J connectivity index is 1.53. The molecule has 3 rings (SSSR count). The van der Waals surface area contributed by atoms with E-state index in [1.54, 1.807) is 7.05 Å². The van der Waals surface area contributed by atoms with Gasteiger partial charge in [0.15, 0.2) is 0 Å². The highest BCUT2D eigenvalue weighted by Gasteiger charge is 2.17. The molecule has 0 spiro atoms. The molecular formula is C17H24N4O4. The van der Waals surface area contributed by atoms with Crippen LogP contribution in [-0.2, 0) is 4.74 Å². The van der Waals surface area contributed by atoms with Crippen LogP contribution in [0.3, 0.4) is 0 Å². The summed E-state index contributed by atoms with van der Waals surface area (Å²) in [6.45, 7) is 4.96. The second-order valence-corrected chi connectivity index (χ2v) is 5.81. The van der Waals surface area contributed by atoms with Crippen molar-refractivity contribution in [1.82, 2.24) is 20.4 Å². The predicted octanol–water partition coefficient (Wildman–Crippen LogP) is 0.700. The average Bonchev–Trinajstić information content (AvgIpc) is 3.14. The molecule has 0 bridgehead atoms. The molecule has 1 aromatic heterocycles. The summed E-state index contributed by atoms with van der Waals surface area (Å²) in [5.74, 6) is 1.67. The highest BCUT2D eigenvalue weighted by Crippen LogP contribution is 2.21. The Hall–Kier alpha value is -2.00. The molecule has 0 saturated carbocycles. The fraction of sp³-hybridized carbons (Fsp3) is 0.529. The van der Waals surface area contributed by atoms with Crippen LogP contribution in [0.5, 0.6) is 5.75 Å². The van der Waals surface area contributed by atoms with Gasteiger partial charge in [-0.2, -0.15) is 4.98 Å². The van der Waals surface area contributed by atoms with Crippen LogP contribution in [0.4, 0.5) is 0 Å². The Labute approximate surface area is 146 Å². The van der Waals surface area contributed by atoms with Gasteiger partial charge in [-0.1, -0.05) is 5.16 Å². The highest BCUT2D eigenvalue weighted by atomic mass is 16.5. The number of nitrogens with zero attached hydrogens (tertiary/aromatic N) is 3. The number of aliphatic hydroxyl groups is 1. The van der Waals surface area contributed by atoms with Gasteiger partial charge in [0.2, 0.25) is 11.7 Å². The zero-order valence-electron chi connectivity index (χ0n) is 14.4. The molecule has 2 heterocycles. The zero-order chi connectivity index (χ0) is 17.5. The van der Waals surface area contributed by atoms with Crippen molar-refractivity contribution in [3.8, 4) is 17.1 Å². The van der Waals surface area contributed by atoms with Crippen LogP contribution in [0.15, 0.2) is 28.8 Å². The van der Waals surface area contributed by atoms with Crippen LogP contribution in [-0.4, -0.2) is 73.3 Å². The molecule has 0 radical (unpaired) electrons. The number of likely N-dealkylation sites (N-methyl/N-ethyl adjacent to an activating group) is 1. The van der Waals surface area contributed by atoms with Crippen LogP contribution in [0, 0.1) is 0 Å². The van der Waals surface area contributed by atoms with Gasteiger partial charge in [0, 0.05) is 25.2 Å². The first-order chi connectivity index (χ1) is 12.3. The van der Waals surface area contributed by atoms with E-state index >= 15 is 0 Å². The van der Waals surface area contributed by atoms with Crippen molar-refractivity contribution < 1.29 is 19.1 Å². The van der Waals surface area contributed by atoms with Crippen LogP contribution in [0.1, 0.15) is 11.9 Å². The lowest BCUT2D eigenvalue weighted by Crippen LogP contribution is -2.38. The average molecular weight is 348 g/mol. The van der Waals surface area contributed by atoms with Gasteiger partial charge in [0.05, 0.1) is 19.8 Å². The van der Waals surface area contributed by atoms with Gasteiger partial charge in [-0.25, -0.2) is 0 Å². The van der Waals surface area contributed by atoms with Crippen molar-refractivity contribution in [2.24, 2.45) is 0 Å². The van der Waals surface area contributed by atoms with Gasteiger partial charge in [0.1, 0.15) is 18.4 Å². The number of hydrogen-bond donors (Lipinski definition) is 2. The summed E-state index contributed by atoms with van der Waals surface area (Å²) in [6, 6.07) is 7.22. The molecule has 1 aromatic carbocycles. The largest absolute Gasteiger partial charge is 0.492 e. The van der Waals surface area contributed by atoms with Crippen LogP contribution < -0.4 is 10.1 Å². The predicted molar refractivity (Wildman–Crippen MR) is 91.4 cm³/mol. The number of ether oxygens (including phenoxy) is 2. The summed E-state index contributed by atoms with van der Waals surface area (Å²) in [7, 11) is 1.73. The number of rotatable bonds is 8. The van der Waals surface area contributed by atoms with E-state index < -0.39 is 0 Å². The van der Waals surface area contributed by atoms with Gasteiger partial charge in [-0.3, -0.25) is 4.90 Å². The Morgan fingerprint density at radius 3 is 2.72 bits per heavy atom. The van der Waals surface area contributed by atoms with Crippen LogP contribution in [0.2, 0.25) is 0 Å². The van der Waals surface area contributed by atoms with E-state index in [-0.39, 0.29) is 12.6 Å². The number of aliphatic hydroxyl groups excluding tert-OH is 1. The topological polar surface area (TPSA) is 92.9 Å². The Morgan fingerprint density at radius 2 is 2.04 bits per heavy atom. The fourth-order valence-electron chi connectivity index (χ4n) is 2.60. The minimum Gasteiger partial charge on any atom is -0.492 e. The van der Waals surface area contributed by atoms with Crippen molar-refractivity contribution in [2.45, 2.75) is 6.04 Å². The first-order valence-corrected chi connectivity index (χ1v) is 8.45. The maximum Gasteiger partial charge on any atom is 0.246 e. The molecule has 136 valence electrons. The molecule has 2 N–H and O–H groups in total. The minimum absolute atomic E-state index is 0.103. The molecule has 1 aliphatic heterocycles. The second-order valence-electron chi connectivity index (χ2n) is 5.81. The highest BCUT2D eigenvalue weighted by molar-refractivity contribution is 5.55.